The lowest BCUT2D eigenvalue weighted by Crippen LogP contribution is -2.27. The van der Waals surface area contributed by atoms with E-state index >= 15 is 0 Å². The monoisotopic (exact) mass is 167 g/mol. The van der Waals surface area contributed by atoms with E-state index in [9.17, 15) is 4.79 Å². The minimum atomic E-state index is -0.0715. The van der Waals surface area contributed by atoms with E-state index in [0.29, 0.717) is 13.1 Å². The molecule has 0 bridgehead atoms. The quantitative estimate of drug-likeness (QED) is 0.680. The topological polar surface area (TPSA) is 60.9 Å². The van der Waals surface area contributed by atoms with Gasteiger partial charge in [-0.2, -0.15) is 5.10 Å². The molecule has 2 N–H and O–H groups in total. The SMILES string of the molecule is CC(CN)Cn1ncccc1=O. The number of hydrogen-bond donors (Lipinski definition) is 1. The average Bonchev–Trinajstić information content (AvgIpc) is 2.09. The van der Waals surface area contributed by atoms with E-state index in [0.717, 1.165) is 0 Å². The highest BCUT2D eigenvalue weighted by Crippen LogP contribution is 1.92. The summed E-state index contributed by atoms with van der Waals surface area (Å²) in [4.78, 5) is 11.1. The first-order valence-electron chi connectivity index (χ1n) is 3.96. The molecule has 1 rings (SSSR count). The maximum atomic E-state index is 11.1. The Morgan fingerprint density at radius 1 is 1.75 bits per heavy atom. The molecule has 66 valence electrons. The van der Waals surface area contributed by atoms with Crippen LogP contribution in [0.1, 0.15) is 6.92 Å². The Balaban J connectivity index is 2.76. The summed E-state index contributed by atoms with van der Waals surface area (Å²) in [6, 6.07) is 3.13. The highest BCUT2D eigenvalue weighted by molar-refractivity contribution is 4.84. The van der Waals surface area contributed by atoms with Gasteiger partial charge in [-0.05, 0) is 18.5 Å². The molecular weight excluding hydrogens is 154 g/mol. The van der Waals surface area contributed by atoms with Gasteiger partial charge in [0.15, 0.2) is 0 Å². The highest BCUT2D eigenvalue weighted by atomic mass is 16.1. The number of hydrogen-bond acceptors (Lipinski definition) is 3. The van der Waals surface area contributed by atoms with Gasteiger partial charge in [-0.3, -0.25) is 4.79 Å². The fraction of sp³-hybridized carbons (Fsp3) is 0.500. The van der Waals surface area contributed by atoms with Gasteiger partial charge in [-0.15, -0.1) is 0 Å². The van der Waals surface area contributed by atoms with Crippen molar-refractivity contribution in [2.24, 2.45) is 11.7 Å². The van der Waals surface area contributed by atoms with Gasteiger partial charge >= 0.3 is 0 Å². The van der Waals surface area contributed by atoms with E-state index in [2.05, 4.69) is 5.10 Å². The van der Waals surface area contributed by atoms with Gasteiger partial charge in [0, 0.05) is 18.8 Å². The average molecular weight is 167 g/mol. The summed E-state index contributed by atoms with van der Waals surface area (Å²) in [6.07, 6.45) is 1.60. The largest absolute Gasteiger partial charge is 0.330 e. The molecule has 1 aromatic heterocycles. The lowest BCUT2D eigenvalue weighted by molar-refractivity contribution is 0.442. The van der Waals surface area contributed by atoms with E-state index < -0.39 is 0 Å². The Morgan fingerprint density at radius 3 is 3.08 bits per heavy atom. The third-order valence-electron chi connectivity index (χ3n) is 1.67. The second-order valence-corrected chi connectivity index (χ2v) is 2.88. The van der Waals surface area contributed by atoms with Crippen molar-refractivity contribution in [3.8, 4) is 0 Å². The second-order valence-electron chi connectivity index (χ2n) is 2.88. The van der Waals surface area contributed by atoms with Crippen LogP contribution < -0.4 is 11.3 Å². The zero-order valence-corrected chi connectivity index (χ0v) is 7.10. The molecule has 0 fully saturated rings. The zero-order valence-electron chi connectivity index (χ0n) is 7.10. The van der Waals surface area contributed by atoms with Gasteiger partial charge < -0.3 is 5.73 Å². The summed E-state index contributed by atoms with van der Waals surface area (Å²) in [7, 11) is 0. The lowest BCUT2D eigenvalue weighted by Gasteiger charge is -2.08. The van der Waals surface area contributed by atoms with Crippen molar-refractivity contribution in [3.63, 3.8) is 0 Å². The van der Waals surface area contributed by atoms with Gasteiger partial charge in [0.2, 0.25) is 0 Å². The Morgan fingerprint density at radius 2 is 2.50 bits per heavy atom. The van der Waals surface area contributed by atoms with E-state index in [4.69, 9.17) is 5.73 Å². The van der Waals surface area contributed by atoms with Crippen molar-refractivity contribution in [1.29, 1.82) is 0 Å². The molecule has 1 atom stereocenters. The van der Waals surface area contributed by atoms with Gasteiger partial charge in [0.1, 0.15) is 0 Å². The van der Waals surface area contributed by atoms with Crippen LogP contribution in [0.2, 0.25) is 0 Å². The molecule has 4 nitrogen and oxygen atoms in total. The number of nitrogens with zero attached hydrogens (tertiary/aromatic N) is 2. The standard InChI is InChI=1S/C8H13N3O/c1-7(5-9)6-11-8(12)3-2-4-10-11/h2-4,7H,5-6,9H2,1H3. The minimum absolute atomic E-state index is 0.0715. The molecule has 0 saturated carbocycles. The third-order valence-corrected chi connectivity index (χ3v) is 1.67. The molecule has 0 spiro atoms. The van der Waals surface area contributed by atoms with E-state index in [-0.39, 0.29) is 11.5 Å². The van der Waals surface area contributed by atoms with Crippen molar-refractivity contribution < 1.29 is 0 Å². The van der Waals surface area contributed by atoms with Crippen LogP contribution in [-0.4, -0.2) is 16.3 Å². The molecule has 0 radical (unpaired) electrons. The van der Waals surface area contributed by atoms with Crippen LogP contribution in [0.4, 0.5) is 0 Å². The lowest BCUT2D eigenvalue weighted by atomic mass is 10.2. The van der Waals surface area contributed by atoms with Gasteiger partial charge in [-0.1, -0.05) is 6.92 Å². The van der Waals surface area contributed by atoms with Gasteiger partial charge in [-0.25, -0.2) is 4.68 Å². The minimum Gasteiger partial charge on any atom is -0.330 e. The van der Waals surface area contributed by atoms with Crippen molar-refractivity contribution in [2.75, 3.05) is 6.54 Å². The molecule has 4 heteroatoms. The first-order chi connectivity index (χ1) is 5.74. The molecule has 1 unspecified atom stereocenters. The molecule has 0 aromatic carbocycles. The summed E-state index contributed by atoms with van der Waals surface area (Å²) >= 11 is 0. The summed E-state index contributed by atoms with van der Waals surface area (Å²) in [5.41, 5.74) is 5.36. The van der Waals surface area contributed by atoms with E-state index in [1.54, 1.807) is 12.3 Å². The van der Waals surface area contributed by atoms with Gasteiger partial charge in [0.25, 0.3) is 5.56 Å². The highest BCUT2D eigenvalue weighted by Gasteiger charge is 2.01. The number of rotatable bonds is 3. The van der Waals surface area contributed by atoms with Crippen molar-refractivity contribution in [1.82, 2.24) is 9.78 Å². The molecule has 12 heavy (non-hydrogen) atoms. The summed E-state index contributed by atoms with van der Waals surface area (Å²) in [5, 5.41) is 3.91. The Hall–Kier alpha value is -1.16. The number of nitrogens with two attached hydrogens (primary N) is 1. The maximum Gasteiger partial charge on any atom is 0.266 e. The van der Waals surface area contributed by atoms with Crippen LogP contribution in [0.25, 0.3) is 0 Å². The predicted octanol–water partition coefficient (Wildman–Crippen LogP) is -0.162. The molecule has 0 aliphatic rings. The maximum absolute atomic E-state index is 11.1. The van der Waals surface area contributed by atoms with E-state index in [1.807, 2.05) is 6.92 Å². The zero-order chi connectivity index (χ0) is 8.97. The van der Waals surface area contributed by atoms with E-state index in [1.165, 1.54) is 10.7 Å². The summed E-state index contributed by atoms with van der Waals surface area (Å²) < 4.78 is 1.43. The van der Waals surface area contributed by atoms with Crippen LogP contribution in [-0.2, 0) is 6.54 Å². The van der Waals surface area contributed by atoms with Crippen molar-refractivity contribution >= 4 is 0 Å². The van der Waals surface area contributed by atoms with Crippen LogP contribution in [0.3, 0.4) is 0 Å². The first-order valence-corrected chi connectivity index (χ1v) is 3.96. The fourth-order valence-electron chi connectivity index (χ4n) is 0.894. The molecule has 0 aliphatic heterocycles. The fourth-order valence-corrected chi connectivity index (χ4v) is 0.894. The Bertz CT molecular complexity index is 294. The summed E-state index contributed by atoms with van der Waals surface area (Å²) in [5.74, 6) is 0.289. The predicted molar refractivity (Wildman–Crippen MR) is 46.7 cm³/mol. The summed E-state index contributed by atoms with van der Waals surface area (Å²) in [6.45, 7) is 3.15. The van der Waals surface area contributed by atoms with Crippen LogP contribution >= 0.6 is 0 Å². The van der Waals surface area contributed by atoms with Crippen LogP contribution in [0.15, 0.2) is 23.1 Å². The molecule has 1 heterocycles. The molecule has 0 amide bonds. The first kappa shape index (κ1) is 8.93. The number of aromatic nitrogens is 2. The Labute approximate surface area is 71.0 Å². The van der Waals surface area contributed by atoms with Gasteiger partial charge in [0.05, 0.1) is 0 Å². The van der Waals surface area contributed by atoms with Crippen LogP contribution in [0, 0.1) is 5.92 Å². The molecule has 0 saturated heterocycles. The normalized spacial score (nSPS) is 12.8. The van der Waals surface area contributed by atoms with Crippen molar-refractivity contribution in [3.05, 3.63) is 28.7 Å². The Kier molecular flexibility index (Phi) is 2.99. The van der Waals surface area contributed by atoms with Crippen LogP contribution in [0.5, 0.6) is 0 Å². The second kappa shape index (κ2) is 4.01. The smallest absolute Gasteiger partial charge is 0.266 e. The third kappa shape index (κ3) is 2.17. The van der Waals surface area contributed by atoms with Crippen molar-refractivity contribution in [2.45, 2.75) is 13.5 Å². The molecular formula is C8H13N3O. The molecule has 0 aliphatic carbocycles. The molecule has 1 aromatic rings.